The molecule has 0 unspecified atom stereocenters. The van der Waals surface area contributed by atoms with Crippen molar-refractivity contribution < 1.29 is 9.59 Å². The Balaban J connectivity index is 2.35. The molecule has 0 saturated carbocycles. The Kier molecular flexibility index (Phi) is 3.88. The topological polar surface area (TPSA) is 70.2 Å². The smallest absolute Gasteiger partial charge is 0.242 e. The molecule has 1 fully saturated rings. The van der Waals surface area contributed by atoms with Gasteiger partial charge in [0.1, 0.15) is 6.04 Å². The van der Waals surface area contributed by atoms with Crippen molar-refractivity contribution in [3.8, 4) is 0 Å². The molecule has 3 N–H and O–H groups in total. The third-order valence-electron chi connectivity index (χ3n) is 2.38. The van der Waals surface area contributed by atoms with Gasteiger partial charge in [0.25, 0.3) is 0 Å². The lowest BCUT2D eigenvalue weighted by molar-refractivity contribution is -0.129. The molecule has 1 heterocycles. The Morgan fingerprint density at radius 3 is 2.71 bits per heavy atom. The summed E-state index contributed by atoms with van der Waals surface area (Å²) in [6, 6.07) is -0.586. The van der Waals surface area contributed by atoms with Crippen LogP contribution in [0, 0.1) is 0 Å². The van der Waals surface area contributed by atoms with Crippen LogP contribution in [-0.4, -0.2) is 37.5 Å². The predicted octanol–water partition coefficient (Wildman–Crippen LogP) is -1.01. The zero-order chi connectivity index (χ0) is 10.6. The van der Waals surface area contributed by atoms with Gasteiger partial charge in [0.2, 0.25) is 11.8 Å². The van der Waals surface area contributed by atoms with E-state index in [1.165, 1.54) is 0 Å². The molecule has 14 heavy (non-hydrogen) atoms. The Labute approximate surface area is 83.6 Å². The molecule has 0 radical (unpaired) electrons. The SMILES string of the molecule is CNC(=O)[C@H](C)NC(=O)[C@H]1CCCN1. The Bertz CT molecular complexity index is 224. The molecular formula is C9H17N3O2. The molecule has 0 aromatic carbocycles. The van der Waals surface area contributed by atoms with Crippen LogP contribution in [0.3, 0.4) is 0 Å². The third-order valence-corrected chi connectivity index (χ3v) is 2.38. The molecule has 1 aliphatic rings. The van der Waals surface area contributed by atoms with E-state index in [9.17, 15) is 9.59 Å². The van der Waals surface area contributed by atoms with Crippen LogP contribution in [0.2, 0.25) is 0 Å². The average Bonchev–Trinajstić information content (AvgIpc) is 2.69. The second kappa shape index (κ2) is 4.95. The highest BCUT2D eigenvalue weighted by Gasteiger charge is 2.24. The van der Waals surface area contributed by atoms with Crippen molar-refractivity contribution in [3.63, 3.8) is 0 Å². The van der Waals surface area contributed by atoms with E-state index in [1.54, 1.807) is 14.0 Å². The van der Waals surface area contributed by atoms with Gasteiger partial charge < -0.3 is 16.0 Å². The van der Waals surface area contributed by atoms with Crippen LogP contribution in [0.5, 0.6) is 0 Å². The van der Waals surface area contributed by atoms with Crippen LogP contribution >= 0.6 is 0 Å². The summed E-state index contributed by atoms with van der Waals surface area (Å²) in [5.41, 5.74) is 0. The first-order valence-electron chi connectivity index (χ1n) is 4.90. The highest BCUT2D eigenvalue weighted by atomic mass is 16.2. The fourth-order valence-corrected chi connectivity index (χ4v) is 1.50. The van der Waals surface area contributed by atoms with E-state index in [1.807, 2.05) is 0 Å². The highest BCUT2D eigenvalue weighted by Crippen LogP contribution is 2.04. The lowest BCUT2D eigenvalue weighted by Gasteiger charge is -2.15. The van der Waals surface area contributed by atoms with Gasteiger partial charge >= 0.3 is 0 Å². The maximum atomic E-state index is 11.5. The van der Waals surface area contributed by atoms with Gasteiger partial charge in [-0.25, -0.2) is 0 Å². The third kappa shape index (κ3) is 2.70. The number of carbonyl (C=O) groups is 2. The summed E-state index contributed by atoms with van der Waals surface area (Å²) in [5, 5.41) is 8.22. The number of likely N-dealkylation sites (N-methyl/N-ethyl adjacent to an activating group) is 1. The molecular weight excluding hydrogens is 182 g/mol. The minimum atomic E-state index is -0.463. The summed E-state index contributed by atoms with van der Waals surface area (Å²) in [4.78, 5) is 22.6. The lowest BCUT2D eigenvalue weighted by Crippen LogP contribution is -2.49. The number of carbonyl (C=O) groups excluding carboxylic acids is 2. The lowest BCUT2D eigenvalue weighted by atomic mass is 10.2. The van der Waals surface area contributed by atoms with Crippen LogP contribution in [-0.2, 0) is 9.59 Å². The predicted molar refractivity (Wildman–Crippen MR) is 52.7 cm³/mol. The number of rotatable bonds is 3. The molecule has 2 atom stereocenters. The second-order valence-corrected chi connectivity index (χ2v) is 3.49. The molecule has 0 aromatic rings. The van der Waals surface area contributed by atoms with Crippen LogP contribution in [0.1, 0.15) is 19.8 Å². The molecule has 0 spiro atoms. The molecule has 5 heteroatoms. The van der Waals surface area contributed by atoms with Crippen LogP contribution in [0.4, 0.5) is 0 Å². The number of hydrogen-bond donors (Lipinski definition) is 3. The molecule has 0 aromatic heterocycles. The number of hydrogen-bond acceptors (Lipinski definition) is 3. The van der Waals surface area contributed by atoms with Crippen molar-refractivity contribution in [3.05, 3.63) is 0 Å². The van der Waals surface area contributed by atoms with Gasteiger partial charge in [-0.05, 0) is 26.3 Å². The zero-order valence-electron chi connectivity index (χ0n) is 8.59. The second-order valence-electron chi connectivity index (χ2n) is 3.49. The maximum Gasteiger partial charge on any atom is 0.242 e. The van der Waals surface area contributed by atoms with E-state index < -0.39 is 6.04 Å². The van der Waals surface area contributed by atoms with Gasteiger partial charge in [0.15, 0.2) is 0 Å². The van der Waals surface area contributed by atoms with Crippen LogP contribution < -0.4 is 16.0 Å². The molecule has 0 bridgehead atoms. The van der Waals surface area contributed by atoms with Crippen molar-refractivity contribution in [1.29, 1.82) is 0 Å². The monoisotopic (exact) mass is 199 g/mol. The Hall–Kier alpha value is -1.10. The summed E-state index contributed by atoms with van der Waals surface area (Å²) in [6.07, 6.45) is 1.87. The van der Waals surface area contributed by atoms with Crippen LogP contribution in [0.15, 0.2) is 0 Å². The van der Waals surface area contributed by atoms with Crippen LogP contribution in [0.25, 0.3) is 0 Å². The molecule has 1 rings (SSSR count). The van der Waals surface area contributed by atoms with E-state index in [4.69, 9.17) is 0 Å². The van der Waals surface area contributed by atoms with Crippen molar-refractivity contribution in [1.82, 2.24) is 16.0 Å². The summed E-state index contributed by atoms with van der Waals surface area (Å²) in [7, 11) is 1.55. The first kappa shape index (κ1) is 11.0. The maximum absolute atomic E-state index is 11.5. The fraction of sp³-hybridized carbons (Fsp3) is 0.778. The molecule has 2 amide bonds. The van der Waals surface area contributed by atoms with Crippen molar-refractivity contribution in [2.75, 3.05) is 13.6 Å². The van der Waals surface area contributed by atoms with Crippen molar-refractivity contribution in [2.24, 2.45) is 0 Å². The molecule has 0 aliphatic carbocycles. The Morgan fingerprint density at radius 1 is 1.50 bits per heavy atom. The molecule has 1 aliphatic heterocycles. The van der Waals surface area contributed by atoms with Gasteiger partial charge in [-0.2, -0.15) is 0 Å². The van der Waals surface area contributed by atoms with E-state index in [2.05, 4.69) is 16.0 Å². The first-order valence-corrected chi connectivity index (χ1v) is 4.90. The average molecular weight is 199 g/mol. The summed E-state index contributed by atoms with van der Waals surface area (Å²) in [5.74, 6) is -0.255. The van der Waals surface area contributed by atoms with E-state index in [0.717, 1.165) is 19.4 Å². The van der Waals surface area contributed by atoms with Gasteiger partial charge in [0.05, 0.1) is 6.04 Å². The number of amides is 2. The fourth-order valence-electron chi connectivity index (χ4n) is 1.50. The quantitative estimate of drug-likeness (QED) is 0.545. The highest BCUT2D eigenvalue weighted by molar-refractivity contribution is 5.89. The van der Waals surface area contributed by atoms with E-state index in [-0.39, 0.29) is 17.9 Å². The standard InChI is InChI=1S/C9H17N3O2/c1-6(8(13)10-2)12-9(14)7-4-3-5-11-7/h6-7,11H,3-5H2,1-2H3,(H,10,13)(H,12,14)/t6-,7+/m0/s1. The largest absolute Gasteiger partial charge is 0.357 e. The van der Waals surface area contributed by atoms with Crippen molar-refractivity contribution in [2.45, 2.75) is 31.8 Å². The first-order chi connectivity index (χ1) is 6.65. The molecule has 80 valence electrons. The normalized spacial score (nSPS) is 22.9. The minimum Gasteiger partial charge on any atom is -0.357 e. The van der Waals surface area contributed by atoms with Gasteiger partial charge in [-0.3, -0.25) is 9.59 Å². The van der Waals surface area contributed by atoms with Gasteiger partial charge in [-0.1, -0.05) is 0 Å². The van der Waals surface area contributed by atoms with Gasteiger partial charge in [0, 0.05) is 7.05 Å². The Morgan fingerprint density at radius 2 is 2.21 bits per heavy atom. The summed E-state index contributed by atoms with van der Waals surface area (Å²) >= 11 is 0. The minimum absolute atomic E-state index is 0.0846. The summed E-state index contributed by atoms with van der Waals surface area (Å²) < 4.78 is 0. The van der Waals surface area contributed by atoms with Crippen molar-refractivity contribution >= 4 is 11.8 Å². The molecule has 1 saturated heterocycles. The van der Waals surface area contributed by atoms with E-state index in [0.29, 0.717) is 0 Å². The molecule has 5 nitrogen and oxygen atoms in total. The summed E-state index contributed by atoms with van der Waals surface area (Å²) in [6.45, 7) is 2.55. The zero-order valence-corrected chi connectivity index (χ0v) is 8.59. The van der Waals surface area contributed by atoms with E-state index >= 15 is 0 Å². The number of nitrogens with one attached hydrogen (secondary N) is 3. The van der Waals surface area contributed by atoms with Gasteiger partial charge in [-0.15, -0.1) is 0 Å².